The SMILES string of the molecule is CCS(=O)(=O)c1ccc(Cc2nc3ccc(Oc4ccccc4)cc3[nH]2)cc1. The molecule has 0 saturated heterocycles. The zero-order chi connectivity index (χ0) is 19.6. The van der Waals surface area contributed by atoms with Crippen molar-refractivity contribution < 1.29 is 13.2 Å². The van der Waals surface area contributed by atoms with Gasteiger partial charge in [-0.3, -0.25) is 0 Å². The maximum atomic E-state index is 11.9. The molecule has 5 nitrogen and oxygen atoms in total. The summed E-state index contributed by atoms with van der Waals surface area (Å²) in [6.45, 7) is 1.65. The summed E-state index contributed by atoms with van der Waals surface area (Å²) in [4.78, 5) is 8.28. The summed E-state index contributed by atoms with van der Waals surface area (Å²) in [5, 5.41) is 0. The summed E-state index contributed by atoms with van der Waals surface area (Å²) < 4.78 is 29.7. The summed E-state index contributed by atoms with van der Waals surface area (Å²) >= 11 is 0. The lowest BCUT2D eigenvalue weighted by atomic mass is 10.1. The minimum atomic E-state index is -3.18. The number of nitrogens with zero attached hydrogens (tertiary/aromatic N) is 1. The number of aromatic nitrogens is 2. The highest BCUT2D eigenvalue weighted by Gasteiger charge is 2.11. The standard InChI is InChI=1S/C22H20N2O3S/c1-2-28(25,26)19-11-8-16(9-12-19)14-22-23-20-13-10-18(15-21(20)24-22)27-17-6-4-3-5-7-17/h3-13,15H,2,14H2,1H3,(H,23,24). The van der Waals surface area contributed by atoms with Crippen LogP contribution in [0.4, 0.5) is 0 Å². The molecule has 28 heavy (non-hydrogen) atoms. The van der Waals surface area contributed by atoms with Gasteiger partial charge in [-0.15, -0.1) is 0 Å². The number of rotatable bonds is 6. The summed E-state index contributed by atoms with van der Waals surface area (Å²) in [6, 6.07) is 22.3. The van der Waals surface area contributed by atoms with E-state index in [1.54, 1.807) is 19.1 Å². The van der Waals surface area contributed by atoms with E-state index in [1.165, 1.54) is 0 Å². The molecule has 4 rings (SSSR count). The van der Waals surface area contributed by atoms with Crippen LogP contribution in [0.2, 0.25) is 0 Å². The van der Waals surface area contributed by atoms with Gasteiger partial charge < -0.3 is 9.72 Å². The average Bonchev–Trinajstić information content (AvgIpc) is 3.10. The Morgan fingerprint density at radius 2 is 1.68 bits per heavy atom. The average molecular weight is 392 g/mol. The van der Waals surface area contributed by atoms with Crippen LogP contribution in [0.1, 0.15) is 18.3 Å². The van der Waals surface area contributed by atoms with Gasteiger partial charge in [0.2, 0.25) is 0 Å². The second kappa shape index (κ2) is 7.48. The Balaban J connectivity index is 1.53. The van der Waals surface area contributed by atoms with E-state index in [0.29, 0.717) is 11.3 Å². The Bertz CT molecular complexity index is 1200. The molecule has 0 unspecified atom stereocenters. The molecule has 1 N–H and O–H groups in total. The van der Waals surface area contributed by atoms with E-state index >= 15 is 0 Å². The topological polar surface area (TPSA) is 72.1 Å². The molecule has 1 aromatic heterocycles. The van der Waals surface area contributed by atoms with Crippen molar-refractivity contribution in [2.45, 2.75) is 18.2 Å². The van der Waals surface area contributed by atoms with Crippen molar-refractivity contribution in [2.75, 3.05) is 5.75 Å². The molecule has 0 radical (unpaired) electrons. The van der Waals surface area contributed by atoms with Crippen LogP contribution in [-0.2, 0) is 16.3 Å². The fraction of sp³-hybridized carbons (Fsp3) is 0.136. The molecule has 3 aromatic carbocycles. The van der Waals surface area contributed by atoms with Crippen LogP contribution in [0, 0.1) is 0 Å². The van der Waals surface area contributed by atoms with Crippen molar-refractivity contribution in [3.8, 4) is 11.5 Å². The maximum Gasteiger partial charge on any atom is 0.178 e. The van der Waals surface area contributed by atoms with E-state index < -0.39 is 9.84 Å². The molecule has 0 aliphatic carbocycles. The zero-order valence-corrected chi connectivity index (χ0v) is 16.2. The Hall–Kier alpha value is -3.12. The van der Waals surface area contributed by atoms with Gasteiger partial charge >= 0.3 is 0 Å². The van der Waals surface area contributed by atoms with Gasteiger partial charge in [0.15, 0.2) is 9.84 Å². The second-order valence-electron chi connectivity index (χ2n) is 6.50. The first-order chi connectivity index (χ1) is 13.5. The largest absolute Gasteiger partial charge is 0.457 e. The van der Waals surface area contributed by atoms with Crippen LogP contribution >= 0.6 is 0 Å². The first-order valence-corrected chi connectivity index (χ1v) is 10.7. The van der Waals surface area contributed by atoms with Gasteiger partial charge in [0.05, 0.1) is 21.7 Å². The number of aromatic amines is 1. The van der Waals surface area contributed by atoms with E-state index in [4.69, 9.17) is 4.74 Å². The van der Waals surface area contributed by atoms with Crippen LogP contribution in [0.5, 0.6) is 11.5 Å². The highest BCUT2D eigenvalue weighted by Crippen LogP contribution is 2.25. The first kappa shape index (κ1) is 18.3. The van der Waals surface area contributed by atoms with E-state index in [1.807, 2.05) is 60.7 Å². The molecule has 0 saturated carbocycles. The monoisotopic (exact) mass is 392 g/mol. The van der Waals surface area contributed by atoms with Crippen LogP contribution < -0.4 is 4.74 Å². The minimum absolute atomic E-state index is 0.101. The van der Waals surface area contributed by atoms with E-state index in [2.05, 4.69) is 9.97 Å². The van der Waals surface area contributed by atoms with Gasteiger partial charge in [0.25, 0.3) is 0 Å². The minimum Gasteiger partial charge on any atom is -0.457 e. The van der Waals surface area contributed by atoms with Crippen LogP contribution in [0.25, 0.3) is 11.0 Å². The van der Waals surface area contributed by atoms with Crippen molar-refractivity contribution >= 4 is 20.9 Å². The normalized spacial score (nSPS) is 11.6. The predicted molar refractivity (Wildman–Crippen MR) is 110 cm³/mol. The third-order valence-corrected chi connectivity index (χ3v) is 6.27. The van der Waals surface area contributed by atoms with E-state index in [-0.39, 0.29) is 5.75 Å². The van der Waals surface area contributed by atoms with Gasteiger partial charge in [-0.05, 0) is 42.0 Å². The number of sulfone groups is 1. The predicted octanol–water partition coefficient (Wildman–Crippen LogP) is 4.74. The number of hydrogen-bond donors (Lipinski definition) is 1. The van der Waals surface area contributed by atoms with Crippen LogP contribution in [0.3, 0.4) is 0 Å². The van der Waals surface area contributed by atoms with Crippen molar-refractivity contribution in [3.63, 3.8) is 0 Å². The molecule has 6 heteroatoms. The highest BCUT2D eigenvalue weighted by atomic mass is 32.2. The fourth-order valence-electron chi connectivity index (χ4n) is 2.99. The number of H-pyrrole nitrogens is 1. The van der Waals surface area contributed by atoms with Gasteiger partial charge in [0, 0.05) is 12.5 Å². The van der Waals surface area contributed by atoms with Crippen molar-refractivity contribution in [1.29, 1.82) is 0 Å². The smallest absolute Gasteiger partial charge is 0.178 e. The Kier molecular flexibility index (Phi) is 4.88. The zero-order valence-electron chi connectivity index (χ0n) is 15.4. The Morgan fingerprint density at radius 3 is 2.39 bits per heavy atom. The number of imidazole rings is 1. The highest BCUT2D eigenvalue weighted by molar-refractivity contribution is 7.91. The molecule has 1 heterocycles. The molecular weight excluding hydrogens is 372 g/mol. The lowest BCUT2D eigenvalue weighted by Crippen LogP contribution is -2.03. The lowest BCUT2D eigenvalue weighted by Gasteiger charge is -2.04. The quantitative estimate of drug-likeness (QED) is 0.514. The van der Waals surface area contributed by atoms with Gasteiger partial charge in [0.1, 0.15) is 17.3 Å². The molecular formula is C22H20N2O3S. The number of para-hydroxylation sites is 1. The molecule has 142 valence electrons. The lowest BCUT2D eigenvalue weighted by molar-refractivity contribution is 0.483. The third-order valence-electron chi connectivity index (χ3n) is 4.52. The molecule has 0 aliphatic rings. The number of fused-ring (bicyclic) bond motifs is 1. The van der Waals surface area contributed by atoms with Crippen molar-refractivity contribution in [3.05, 3.63) is 84.2 Å². The molecule has 0 spiro atoms. The number of nitrogens with one attached hydrogen (secondary N) is 1. The first-order valence-electron chi connectivity index (χ1n) is 9.07. The number of hydrogen-bond acceptors (Lipinski definition) is 4. The van der Waals surface area contributed by atoms with Crippen molar-refractivity contribution in [1.82, 2.24) is 9.97 Å². The van der Waals surface area contributed by atoms with E-state index in [0.717, 1.165) is 33.9 Å². The molecule has 4 aromatic rings. The molecule has 0 bridgehead atoms. The summed E-state index contributed by atoms with van der Waals surface area (Å²) in [6.07, 6.45) is 0.593. The number of benzene rings is 3. The summed E-state index contributed by atoms with van der Waals surface area (Å²) in [7, 11) is -3.18. The van der Waals surface area contributed by atoms with Crippen LogP contribution in [-0.4, -0.2) is 24.1 Å². The second-order valence-corrected chi connectivity index (χ2v) is 8.78. The molecule has 0 amide bonds. The van der Waals surface area contributed by atoms with Crippen molar-refractivity contribution in [2.24, 2.45) is 0 Å². The van der Waals surface area contributed by atoms with Gasteiger partial charge in [-0.2, -0.15) is 0 Å². The van der Waals surface area contributed by atoms with Gasteiger partial charge in [-0.25, -0.2) is 13.4 Å². The maximum absolute atomic E-state index is 11.9. The van der Waals surface area contributed by atoms with E-state index in [9.17, 15) is 8.42 Å². The molecule has 0 fully saturated rings. The molecule has 0 atom stereocenters. The Morgan fingerprint density at radius 1 is 0.929 bits per heavy atom. The van der Waals surface area contributed by atoms with Gasteiger partial charge in [-0.1, -0.05) is 37.3 Å². The summed E-state index contributed by atoms with van der Waals surface area (Å²) in [5.74, 6) is 2.44. The third kappa shape index (κ3) is 3.92. The van der Waals surface area contributed by atoms with Crippen LogP contribution in [0.15, 0.2) is 77.7 Å². The fourth-order valence-corrected chi connectivity index (χ4v) is 3.87. The Labute approximate surface area is 163 Å². The summed E-state index contributed by atoms with van der Waals surface area (Å²) in [5.41, 5.74) is 2.75. The number of ether oxygens (including phenoxy) is 1. The molecule has 0 aliphatic heterocycles.